The SMILES string of the molecule is CCn1nccc1C(=O)Nc1cccc(Cn2cc(Cl)cn2)c1. The molecule has 0 fully saturated rings. The fourth-order valence-electron chi connectivity index (χ4n) is 2.33. The number of amides is 1. The number of benzene rings is 1. The number of halogens is 1. The van der Waals surface area contributed by atoms with Crippen LogP contribution >= 0.6 is 11.6 Å². The molecule has 0 atom stereocenters. The van der Waals surface area contributed by atoms with Gasteiger partial charge in [0.1, 0.15) is 5.69 Å². The third-order valence-corrected chi connectivity index (χ3v) is 3.58. The number of carbonyl (C=O) groups excluding carboxylic acids is 1. The molecule has 23 heavy (non-hydrogen) atoms. The maximum Gasteiger partial charge on any atom is 0.273 e. The molecule has 7 heteroatoms. The van der Waals surface area contributed by atoms with Crippen LogP contribution in [0.15, 0.2) is 48.9 Å². The number of carbonyl (C=O) groups is 1. The van der Waals surface area contributed by atoms with Crippen LogP contribution in [0.25, 0.3) is 0 Å². The minimum Gasteiger partial charge on any atom is -0.321 e. The summed E-state index contributed by atoms with van der Waals surface area (Å²) in [7, 11) is 0. The van der Waals surface area contributed by atoms with Gasteiger partial charge in [0.2, 0.25) is 0 Å². The van der Waals surface area contributed by atoms with E-state index in [4.69, 9.17) is 11.6 Å². The number of hydrogen-bond acceptors (Lipinski definition) is 3. The van der Waals surface area contributed by atoms with Crippen LogP contribution in [0.4, 0.5) is 5.69 Å². The average Bonchev–Trinajstić information content (AvgIpc) is 3.16. The van der Waals surface area contributed by atoms with Crippen LogP contribution in [0.2, 0.25) is 5.02 Å². The summed E-state index contributed by atoms with van der Waals surface area (Å²) in [6.45, 7) is 3.18. The molecular formula is C16H16ClN5O. The lowest BCUT2D eigenvalue weighted by molar-refractivity contribution is 0.101. The number of hydrogen-bond donors (Lipinski definition) is 1. The van der Waals surface area contributed by atoms with Gasteiger partial charge in [0.05, 0.1) is 17.8 Å². The lowest BCUT2D eigenvalue weighted by atomic mass is 10.2. The number of aryl methyl sites for hydroxylation is 1. The van der Waals surface area contributed by atoms with Crippen molar-refractivity contribution in [1.82, 2.24) is 19.6 Å². The maximum atomic E-state index is 12.3. The maximum absolute atomic E-state index is 12.3. The summed E-state index contributed by atoms with van der Waals surface area (Å²) >= 11 is 5.86. The average molecular weight is 330 g/mol. The Bertz CT molecular complexity index is 823. The van der Waals surface area contributed by atoms with E-state index in [0.717, 1.165) is 11.3 Å². The van der Waals surface area contributed by atoms with Crippen LogP contribution in [0.3, 0.4) is 0 Å². The fourth-order valence-corrected chi connectivity index (χ4v) is 2.49. The van der Waals surface area contributed by atoms with Crippen molar-refractivity contribution in [2.75, 3.05) is 5.32 Å². The van der Waals surface area contributed by atoms with Crippen molar-refractivity contribution >= 4 is 23.2 Å². The molecule has 1 aromatic carbocycles. The van der Waals surface area contributed by atoms with Gasteiger partial charge in [0, 0.05) is 24.6 Å². The molecule has 0 saturated carbocycles. The highest BCUT2D eigenvalue weighted by atomic mass is 35.5. The zero-order valence-corrected chi connectivity index (χ0v) is 13.4. The Hall–Kier alpha value is -2.60. The lowest BCUT2D eigenvalue weighted by Gasteiger charge is -2.08. The highest BCUT2D eigenvalue weighted by molar-refractivity contribution is 6.30. The Balaban J connectivity index is 1.73. The molecule has 0 aliphatic heterocycles. The molecule has 0 aliphatic rings. The molecule has 2 heterocycles. The Morgan fingerprint density at radius 2 is 2.17 bits per heavy atom. The molecular weight excluding hydrogens is 314 g/mol. The number of nitrogens with zero attached hydrogens (tertiary/aromatic N) is 4. The summed E-state index contributed by atoms with van der Waals surface area (Å²) in [4.78, 5) is 12.3. The van der Waals surface area contributed by atoms with E-state index in [-0.39, 0.29) is 5.91 Å². The summed E-state index contributed by atoms with van der Waals surface area (Å²) in [6.07, 6.45) is 4.97. The summed E-state index contributed by atoms with van der Waals surface area (Å²) < 4.78 is 3.40. The van der Waals surface area contributed by atoms with E-state index in [1.54, 1.807) is 34.0 Å². The Labute approximate surface area is 138 Å². The minimum absolute atomic E-state index is 0.177. The number of nitrogens with one attached hydrogen (secondary N) is 1. The van der Waals surface area contributed by atoms with Crippen molar-refractivity contribution in [3.63, 3.8) is 0 Å². The lowest BCUT2D eigenvalue weighted by Crippen LogP contribution is -2.17. The van der Waals surface area contributed by atoms with E-state index >= 15 is 0 Å². The monoisotopic (exact) mass is 329 g/mol. The molecule has 1 N–H and O–H groups in total. The van der Waals surface area contributed by atoms with Crippen molar-refractivity contribution in [3.05, 3.63) is 65.2 Å². The molecule has 2 aromatic heterocycles. The second kappa shape index (κ2) is 6.66. The van der Waals surface area contributed by atoms with Crippen LogP contribution in [0, 0.1) is 0 Å². The van der Waals surface area contributed by atoms with E-state index in [9.17, 15) is 4.79 Å². The van der Waals surface area contributed by atoms with Gasteiger partial charge in [0.15, 0.2) is 0 Å². The molecule has 0 saturated heterocycles. The molecule has 1 amide bonds. The fraction of sp³-hybridized carbons (Fsp3) is 0.188. The molecule has 0 spiro atoms. The number of anilines is 1. The largest absolute Gasteiger partial charge is 0.321 e. The summed E-state index contributed by atoms with van der Waals surface area (Å²) in [5, 5.41) is 11.7. The predicted molar refractivity (Wildman–Crippen MR) is 88.6 cm³/mol. The Morgan fingerprint density at radius 3 is 2.91 bits per heavy atom. The number of aromatic nitrogens is 4. The van der Waals surface area contributed by atoms with Crippen LogP contribution < -0.4 is 5.32 Å². The first-order valence-corrected chi connectivity index (χ1v) is 7.63. The van der Waals surface area contributed by atoms with Crippen molar-refractivity contribution < 1.29 is 4.79 Å². The van der Waals surface area contributed by atoms with Gasteiger partial charge in [0.25, 0.3) is 5.91 Å². The first-order chi connectivity index (χ1) is 11.2. The molecule has 0 bridgehead atoms. The third-order valence-electron chi connectivity index (χ3n) is 3.38. The van der Waals surface area contributed by atoms with Crippen LogP contribution in [0.5, 0.6) is 0 Å². The molecule has 3 aromatic rings. The van der Waals surface area contributed by atoms with E-state index in [0.29, 0.717) is 23.8 Å². The summed E-state index contributed by atoms with van der Waals surface area (Å²) in [6, 6.07) is 9.34. The Morgan fingerprint density at radius 1 is 1.30 bits per heavy atom. The number of rotatable bonds is 5. The van der Waals surface area contributed by atoms with Gasteiger partial charge in [-0.1, -0.05) is 23.7 Å². The standard InChI is InChI=1S/C16H16ClN5O/c1-2-22-15(6-7-18-22)16(23)20-14-5-3-4-12(8-14)10-21-11-13(17)9-19-21/h3-9,11H,2,10H2,1H3,(H,20,23). The molecule has 0 radical (unpaired) electrons. The zero-order chi connectivity index (χ0) is 16.2. The van der Waals surface area contributed by atoms with Crippen molar-refractivity contribution in [1.29, 1.82) is 0 Å². The molecule has 118 valence electrons. The Kier molecular flexibility index (Phi) is 4.43. The summed E-state index contributed by atoms with van der Waals surface area (Å²) in [5.74, 6) is -0.177. The minimum atomic E-state index is -0.177. The van der Waals surface area contributed by atoms with Gasteiger partial charge in [-0.15, -0.1) is 0 Å². The topological polar surface area (TPSA) is 64.7 Å². The van der Waals surface area contributed by atoms with Crippen molar-refractivity contribution in [3.8, 4) is 0 Å². The van der Waals surface area contributed by atoms with Gasteiger partial charge < -0.3 is 5.32 Å². The highest BCUT2D eigenvalue weighted by Gasteiger charge is 2.11. The second-order valence-electron chi connectivity index (χ2n) is 5.04. The van der Waals surface area contributed by atoms with E-state index in [1.807, 2.05) is 31.2 Å². The van der Waals surface area contributed by atoms with Gasteiger partial charge in [-0.05, 0) is 30.7 Å². The van der Waals surface area contributed by atoms with Gasteiger partial charge in [-0.3, -0.25) is 14.2 Å². The van der Waals surface area contributed by atoms with Crippen LogP contribution in [-0.2, 0) is 13.1 Å². The predicted octanol–water partition coefficient (Wildman–Crippen LogP) is 3.05. The first-order valence-electron chi connectivity index (χ1n) is 7.26. The van der Waals surface area contributed by atoms with Crippen LogP contribution in [0.1, 0.15) is 23.0 Å². The normalized spacial score (nSPS) is 10.7. The zero-order valence-electron chi connectivity index (χ0n) is 12.6. The van der Waals surface area contributed by atoms with Gasteiger partial charge in [-0.25, -0.2) is 0 Å². The molecule has 0 unspecified atom stereocenters. The van der Waals surface area contributed by atoms with Crippen molar-refractivity contribution in [2.45, 2.75) is 20.0 Å². The molecule has 6 nitrogen and oxygen atoms in total. The van der Waals surface area contributed by atoms with Gasteiger partial charge >= 0.3 is 0 Å². The quantitative estimate of drug-likeness (QED) is 0.782. The molecule has 0 aliphatic carbocycles. The second-order valence-corrected chi connectivity index (χ2v) is 5.48. The summed E-state index contributed by atoms with van der Waals surface area (Å²) in [5.41, 5.74) is 2.29. The first kappa shape index (κ1) is 15.3. The van der Waals surface area contributed by atoms with Crippen LogP contribution in [-0.4, -0.2) is 25.5 Å². The van der Waals surface area contributed by atoms with Gasteiger partial charge in [-0.2, -0.15) is 10.2 Å². The smallest absolute Gasteiger partial charge is 0.273 e. The highest BCUT2D eigenvalue weighted by Crippen LogP contribution is 2.14. The molecule has 3 rings (SSSR count). The van der Waals surface area contributed by atoms with E-state index < -0.39 is 0 Å². The van der Waals surface area contributed by atoms with E-state index in [2.05, 4.69) is 15.5 Å². The van der Waals surface area contributed by atoms with Crippen molar-refractivity contribution in [2.24, 2.45) is 0 Å². The van der Waals surface area contributed by atoms with E-state index in [1.165, 1.54) is 0 Å². The third kappa shape index (κ3) is 3.60.